The lowest BCUT2D eigenvalue weighted by Gasteiger charge is -2.07. The molecule has 0 fully saturated rings. The van der Waals surface area contributed by atoms with E-state index in [-0.39, 0.29) is 11.1 Å². The molecule has 0 saturated carbocycles. The molecule has 0 saturated heterocycles. The van der Waals surface area contributed by atoms with E-state index in [4.69, 9.17) is 17.3 Å². The van der Waals surface area contributed by atoms with Crippen LogP contribution in [0.4, 0.5) is 14.5 Å². The fraction of sp³-hybridized carbons (Fsp3) is 0.0769. The number of nitrogens with two attached hydrogens (primary N) is 1. The Morgan fingerprint density at radius 2 is 1.76 bits per heavy atom. The number of nitrogen functional groups attached to an aromatic ring is 1. The van der Waals surface area contributed by atoms with Crippen molar-refractivity contribution in [1.82, 2.24) is 0 Å². The minimum atomic E-state index is -0.482. The van der Waals surface area contributed by atoms with Gasteiger partial charge in [0.25, 0.3) is 0 Å². The van der Waals surface area contributed by atoms with Gasteiger partial charge in [0.2, 0.25) is 0 Å². The number of hydrogen-bond donors (Lipinski definition) is 1. The van der Waals surface area contributed by atoms with Crippen LogP contribution in [0, 0.1) is 18.6 Å². The van der Waals surface area contributed by atoms with E-state index < -0.39 is 11.6 Å². The molecule has 2 aromatic rings. The first-order valence-electron chi connectivity index (χ1n) is 5.00. The molecule has 88 valence electrons. The predicted octanol–water partition coefficient (Wildman–Crippen LogP) is 4.18. The summed E-state index contributed by atoms with van der Waals surface area (Å²) in [6.45, 7) is 1.51. The highest BCUT2D eigenvalue weighted by molar-refractivity contribution is 6.33. The molecule has 0 atom stereocenters. The summed E-state index contributed by atoms with van der Waals surface area (Å²) in [5.74, 6) is -0.931. The van der Waals surface area contributed by atoms with Crippen LogP contribution in [0.3, 0.4) is 0 Å². The molecule has 0 aliphatic rings. The highest BCUT2D eigenvalue weighted by Gasteiger charge is 2.10. The molecule has 1 nitrogen and oxygen atoms in total. The zero-order valence-electron chi connectivity index (χ0n) is 9.10. The monoisotopic (exact) mass is 253 g/mol. The Bertz CT molecular complexity index is 582. The number of hydrogen-bond acceptors (Lipinski definition) is 1. The molecule has 0 radical (unpaired) electrons. The van der Waals surface area contributed by atoms with Crippen molar-refractivity contribution >= 4 is 17.3 Å². The second-order valence-corrected chi connectivity index (χ2v) is 4.22. The van der Waals surface area contributed by atoms with Crippen LogP contribution in [0.2, 0.25) is 5.02 Å². The molecule has 0 spiro atoms. The van der Waals surface area contributed by atoms with E-state index in [1.54, 1.807) is 12.1 Å². The highest BCUT2D eigenvalue weighted by atomic mass is 35.5. The summed E-state index contributed by atoms with van der Waals surface area (Å²) in [6, 6.07) is 7.01. The van der Waals surface area contributed by atoms with Gasteiger partial charge in [0.1, 0.15) is 11.6 Å². The fourth-order valence-corrected chi connectivity index (χ4v) is 1.74. The Kier molecular flexibility index (Phi) is 3.03. The zero-order valence-corrected chi connectivity index (χ0v) is 9.85. The minimum absolute atomic E-state index is 0.176. The Balaban J connectivity index is 2.60. The molecule has 2 N–H and O–H groups in total. The van der Waals surface area contributed by atoms with Crippen LogP contribution in [0.25, 0.3) is 11.1 Å². The second kappa shape index (κ2) is 4.34. The third-order valence-corrected chi connectivity index (χ3v) is 2.89. The van der Waals surface area contributed by atoms with E-state index in [1.807, 2.05) is 0 Å². The van der Waals surface area contributed by atoms with E-state index in [0.717, 1.165) is 12.1 Å². The van der Waals surface area contributed by atoms with Crippen LogP contribution in [0.15, 0.2) is 30.3 Å². The van der Waals surface area contributed by atoms with Crippen LogP contribution in [0.1, 0.15) is 5.56 Å². The maximum Gasteiger partial charge on any atom is 0.131 e. The van der Waals surface area contributed by atoms with E-state index >= 15 is 0 Å². The van der Waals surface area contributed by atoms with Crippen LogP contribution >= 0.6 is 11.6 Å². The van der Waals surface area contributed by atoms with Crippen LogP contribution < -0.4 is 5.73 Å². The van der Waals surface area contributed by atoms with Crippen molar-refractivity contribution in [1.29, 1.82) is 0 Å². The molecule has 0 unspecified atom stereocenters. The van der Waals surface area contributed by atoms with Crippen molar-refractivity contribution in [3.8, 4) is 11.1 Å². The standard InChI is InChI=1S/C13H10ClF2N/c1-7-4-12(16)9(6-11(7)15)8-2-3-13(17)10(14)5-8/h2-6H,17H2,1H3. The molecular weight excluding hydrogens is 244 g/mol. The van der Waals surface area contributed by atoms with Gasteiger partial charge >= 0.3 is 0 Å². The summed E-state index contributed by atoms with van der Waals surface area (Å²) in [5.41, 5.74) is 6.91. The summed E-state index contributed by atoms with van der Waals surface area (Å²) in [5, 5.41) is 0.322. The van der Waals surface area contributed by atoms with Crippen molar-refractivity contribution < 1.29 is 8.78 Å². The van der Waals surface area contributed by atoms with Crippen molar-refractivity contribution in [2.24, 2.45) is 0 Å². The van der Waals surface area contributed by atoms with Gasteiger partial charge in [-0.1, -0.05) is 17.7 Å². The van der Waals surface area contributed by atoms with Crippen molar-refractivity contribution in [2.75, 3.05) is 5.73 Å². The topological polar surface area (TPSA) is 26.0 Å². The number of aryl methyl sites for hydroxylation is 1. The van der Waals surface area contributed by atoms with Gasteiger partial charge in [0, 0.05) is 5.56 Å². The zero-order chi connectivity index (χ0) is 12.6. The number of benzene rings is 2. The van der Waals surface area contributed by atoms with Crippen LogP contribution in [-0.2, 0) is 0 Å². The van der Waals surface area contributed by atoms with Gasteiger partial charge < -0.3 is 5.73 Å². The minimum Gasteiger partial charge on any atom is -0.398 e. The Hall–Kier alpha value is -1.61. The average molecular weight is 254 g/mol. The number of halogens is 3. The first kappa shape index (κ1) is 11.9. The number of anilines is 1. The van der Waals surface area contributed by atoms with Crippen molar-refractivity contribution in [3.05, 3.63) is 52.6 Å². The maximum atomic E-state index is 13.7. The van der Waals surface area contributed by atoms with Crippen molar-refractivity contribution in [2.45, 2.75) is 6.92 Å². The lowest BCUT2D eigenvalue weighted by Crippen LogP contribution is -1.92. The molecule has 4 heteroatoms. The molecular formula is C13H10ClF2N. The molecule has 0 heterocycles. The Morgan fingerprint density at radius 1 is 1.06 bits per heavy atom. The van der Waals surface area contributed by atoms with Gasteiger partial charge in [-0.15, -0.1) is 0 Å². The largest absolute Gasteiger partial charge is 0.398 e. The lowest BCUT2D eigenvalue weighted by molar-refractivity contribution is 0.595. The summed E-state index contributed by atoms with van der Waals surface area (Å²) < 4.78 is 27.1. The molecule has 2 rings (SSSR count). The first-order chi connectivity index (χ1) is 7.99. The molecule has 2 aromatic carbocycles. The van der Waals surface area contributed by atoms with Gasteiger partial charge in [0.15, 0.2) is 0 Å². The van der Waals surface area contributed by atoms with Crippen LogP contribution in [0.5, 0.6) is 0 Å². The predicted molar refractivity (Wildman–Crippen MR) is 66.0 cm³/mol. The first-order valence-corrected chi connectivity index (χ1v) is 5.38. The van der Waals surface area contributed by atoms with Crippen LogP contribution in [-0.4, -0.2) is 0 Å². The summed E-state index contributed by atoms with van der Waals surface area (Å²) in [7, 11) is 0. The Labute approximate surface area is 103 Å². The third kappa shape index (κ3) is 2.24. The van der Waals surface area contributed by atoms with Gasteiger partial charge in [-0.05, 0) is 42.3 Å². The van der Waals surface area contributed by atoms with Gasteiger partial charge in [0.05, 0.1) is 10.7 Å². The molecule has 17 heavy (non-hydrogen) atoms. The van der Waals surface area contributed by atoms with Gasteiger partial charge in [-0.25, -0.2) is 8.78 Å². The third-order valence-electron chi connectivity index (χ3n) is 2.56. The Morgan fingerprint density at radius 3 is 2.41 bits per heavy atom. The van der Waals surface area contributed by atoms with Crippen molar-refractivity contribution in [3.63, 3.8) is 0 Å². The smallest absolute Gasteiger partial charge is 0.131 e. The molecule has 0 aliphatic heterocycles. The lowest BCUT2D eigenvalue weighted by atomic mass is 10.0. The highest BCUT2D eigenvalue weighted by Crippen LogP contribution is 2.30. The van der Waals surface area contributed by atoms with Gasteiger partial charge in [-0.2, -0.15) is 0 Å². The summed E-state index contributed by atoms with van der Waals surface area (Å²) in [6.07, 6.45) is 0. The van der Waals surface area contributed by atoms with E-state index in [1.165, 1.54) is 13.0 Å². The average Bonchev–Trinajstić information content (AvgIpc) is 2.27. The fourth-order valence-electron chi connectivity index (χ4n) is 1.56. The molecule has 0 aromatic heterocycles. The normalized spacial score (nSPS) is 10.6. The van der Waals surface area contributed by atoms with E-state index in [2.05, 4.69) is 0 Å². The van der Waals surface area contributed by atoms with E-state index in [0.29, 0.717) is 16.3 Å². The number of rotatable bonds is 1. The van der Waals surface area contributed by atoms with Gasteiger partial charge in [-0.3, -0.25) is 0 Å². The van der Waals surface area contributed by atoms with E-state index in [9.17, 15) is 8.78 Å². The maximum absolute atomic E-state index is 13.7. The molecule has 0 aliphatic carbocycles. The molecule has 0 amide bonds. The summed E-state index contributed by atoms with van der Waals surface area (Å²) in [4.78, 5) is 0. The molecule has 0 bridgehead atoms. The second-order valence-electron chi connectivity index (χ2n) is 3.82. The summed E-state index contributed by atoms with van der Waals surface area (Å²) >= 11 is 5.85. The quantitative estimate of drug-likeness (QED) is 0.758. The SMILES string of the molecule is Cc1cc(F)c(-c2ccc(N)c(Cl)c2)cc1F.